The molecule has 0 aromatic carbocycles. The summed E-state index contributed by atoms with van der Waals surface area (Å²) < 4.78 is 7.94. The predicted molar refractivity (Wildman–Crippen MR) is 74.7 cm³/mol. The van der Waals surface area contributed by atoms with Gasteiger partial charge in [-0.3, -0.25) is 9.78 Å². The first kappa shape index (κ1) is 12.4. The van der Waals surface area contributed by atoms with Gasteiger partial charge in [0.25, 0.3) is 5.56 Å². The van der Waals surface area contributed by atoms with E-state index in [4.69, 9.17) is 16.3 Å². The highest BCUT2D eigenvalue weighted by atomic mass is 127. The van der Waals surface area contributed by atoms with E-state index in [0.29, 0.717) is 21.3 Å². The van der Waals surface area contributed by atoms with Crippen LogP contribution in [0.15, 0.2) is 4.79 Å². The van der Waals surface area contributed by atoms with Crippen LogP contribution in [-0.4, -0.2) is 26.4 Å². The fraction of sp³-hybridized carbons (Fsp3) is 0.500. The zero-order valence-corrected chi connectivity index (χ0v) is 12.2. The minimum absolute atomic E-state index is 0.0702. The summed E-state index contributed by atoms with van der Waals surface area (Å²) in [6.45, 7) is 0.708. The number of aromatic nitrogens is 4. The topological polar surface area (TPSA) is 72.8 Å². The Bertz CT molecular complexity index is 647. The van der Waals surface area contributed by atoms with Crippen molar-refractivity contribution >= 4 is 45.2 Å². The third-order valence-corrected chi connectivity index (χ3v) is 3.85. The Balaban J connectivity index is 2.20. The van der Waals surface area contributed by atoms with Crippen molar-refractivity contribution in [1.82, 2.24) is 19.7 Å². The minimum Gasteiger partial charge on any atom is -0.356 e. The predicted octanol–water partition coefficient (Wildman–Crippen LogP) is 2.08. The smallest absolute Gasteiger partial charge is 0.264 e. The lowest BCUT2D eigenvalue weighted by Crippen LogP contribution is -2.20. The van der Waals surface area contributed by atoms with E-state index in [1.54, 1.807) is 4.68 Å². The van der Waals surface area contributed by atoms with Crippen molar-refractivity contribution in [2.24, 2.45) is 0 Å². The largest absolute Gasteiger partial charge is 0.356 e. The second-order valence-corrected chi connectivity index (χ2v) is 5.49. The maximum atomic E-state index is 11.8. The monoisotopic (exact) mass is 380 g/mol. The van der Waals surface area contributed by atoms with Gasteiger partial charge in [-0.15, -0.1) is 0 Å². The Hall–Kier alpha value is -0.670. The summed E-state index contributed by atoms with van der Waals surface area (Å²) >= 11 is 7.81. The summed E-state index contributed by atoms with van der Waals surface area (Å²) in [6.07, 6.45) is 2.86. The minimum atomic E-state index is -0.267. The average Bonchev–Trinajstić information content (AvgIpc) is 2.67. The van der Waals surface area contributed by atoms with Gasteiger partial charge >= 0.3 is 0 Å². The summed E-state index contributed by atoms with van der Waals surface area (Å²) in [5, 5.41) is 4.89. The molecule has 0 spiro atoms. The van der Waals surface area contributed by atoms with E-state index >= 15 is 0 Å². The number of rotatable bonds is 1. The Kier molecular flexibility index (Phi) is 3.29. The molecule has 96 valence electrons. The van der Waals surface area contributed by atoms with Crippen molar-refractivity contribution in [2.45, 2.75) is 25.5 Å². The van der Waals surface area contributed by atoms with E-state index in [1.807, 2.05) is 22.6 Å². The lowest BCUT2D eigenvalue weighted by molar-refractivity contribution is -0.0372. The number of hydrogen-bond donors (Lipinski definition) is 1. The third kappa shape index (κ3) is 2.04. The molecule has 1 aliphatic heterocycles. The SMILES string of the molecule is O=c1[nH]c(Cl)nc2c1c(I)nn2C1CCCCO1. The molecule has 1 fully saturated rings. The molecule has 1 aliphatic rings. The average molecular weight is 381 g/mol. The molecule has 0 bridgehead atoms. The van der Waals surface area contributed by atoms with Crippen LogP contribution in [0, 0.1) is 3.70 Å². The maximum absolute atomic E-state index is 11.8. The summed E-state index contributed by atoms with van der Waals surface area (Å²) in [5.41, 5.74) is 0.219. The van der Waals surface area contributed by atoms with Crippen LogP contribution in [-0.2, 0) is 4.74 Å². The van der Waals surface area contributed by atoms with Crippen LogP contribution < -0.4 is 5.56 Å². The van der Waals surface area contributed by atoms with Crippen LogP contribution in [0.25, 0.3) is 11.0 Å². The van der Waals surface area contributed by atoms with Crippen LogP contribution in [0.5, 0.6) is 0 Å². The first-order valence-corrected chi connectivity index (χ1v) is 7.07. The molecule has 6 nitrogen and oxygen atoms in total. The number of halogens is 2. The van der Waals surface area contributed by atoms with Crippen molar-refractivity contribution in [3.63, 3.8) is 0 Å². The molecule has 1 N–H and O–H groups in total. The van der Waals surface area contributed by atoms with Gasteiger partial charge in [0.05, 0.1) is 0 Å². The Morgan fingerprint density at radius 1 is 1.50 bits per heavy atom. The highest BCUT2D eigenvalue weighted by molar-refractivity contribution is 14.1. The molecule has 0 radical (unpaired) electrons. The molecular formula is C10H10ClIN4O2. The zero-order valence-electron chi connectivity index (χ0n) is 9.32. The number of nitrogens with zero attached hydrogens (tertiary/aromatic N) is 3. The molecular weight excluding hydrogens is 370 g/mol. The number of nitrogens with one attached hydrogen (secondary N) is 1. The first-order valence-electron chi connectivity index (χ1n) is 5.62. The highest BCUT2D eigenvalue weighted by Crippen LogP contribution is 2.26. The summed E-state index contributed by atoms with van der Waals surface area (Å²) in [5.74, 6) is 0. The van der Waals surface area contributed by atoms with E-state index in [-0.39, 0.29) is 17.1 Å². The van der Waals surface area contributed by atoms with Crippen LogP contribution in [0.2, 0.25) is 5.28 Å². The molecule has 0 amide bonds. The van der Waals surface area contributed by atoms with Gasteiger partial charge in [0.2, 0.25) is 5.28 Å². The lowest BCUT2D eigenvalue weighted by atomic mass is 10.2. The van der Waals surface area contributed by atoms with Crippen molar-refractivity contribution < 1.29 is 4.74 Å². The van der Waals surface area contributed by atoms with Gasteiger partial charge in [-0.25, -0.2) is 4.68 Å². The molecule has 1 saturated heterocycles. The molecule has 18 heavy (non-hydrogen) atoms. The molecule has 2 aromatic rings. The number of hydrogen-bond acceptors (Lipinski definition) is 4. The Morgan fingerprint density at radius 3 is 3.06 bits per heavy atom. The number of aromatic amines is 1. The van der Waals surface area contributed by atoms with Crippen LogP contribution in [0.3, 0.4) is 0 Å². The first-order chi connectivity index (χ1) is 8.66. The standard InChI is InChI=1S/C10H10ClIN4O2/c11-10-13-8-6(9(17)14-10)7(12)15-16(8)5-3-1-2-4-18-5/h5H,1-4H2,(H,13,14,17). The lowest BCUT2D eigenvalue weighted by Gasteiger charge is -2.22. The molecule has 0 saturated carbocycles. The van der Waals surface area contributed by atoms with Gasteiger partial charge in [-0.05, 0) is 53.5 Å². The molecule has 2 aromatic heterocycles. The van der Waals surface area contributed by atoms with Gasteiger partial charge in [0.15, 0.2) is 11.9 Å². The van der Waals surface area contributed by atoms with Gasteiger partial charge in [-0.2, -0.15) is 10.1 Å². The molecule has 3 rings (SSSR count). The molecule has 1 unspecified atom stereocenters. The second-order valence-electron chi connectivity index (χ2n) is 4.11. The molecule has 0 aliphatic carbocycles. The van der Waals surface area contributed by atoms with Crippen LogP contribution >= 0.6 is 34.2 Å². The zero-order chi connectivity index (χ0) is 12.7. The molecule has 3 heterocycles. The fourth-order valence-electron chi connectivity index (χ4n) is 2.10. The van der Waals surface area contributed by atoms with Crippen molar-refractivity contribution in [3.8, 4) is 0 Å². The molecule has 8 heteroatoms. The Morgan fingerprint density at radius 2 is 2.33 bits per heavy atom. The van der Waals surface area contributed by atoms with Crippen molar-refractivity contribution in [1.29, 1.82) is 0 Å². The van der Waals surface area contributed by atoms with E-state index < -0.39 is 0 Å². The second kappa shape index (κ2) is 4.78. The number of H-pyrrole nitrogens is 1. The highest BCUT2D eigenvalue weighted by Gasteiger charge is 2.23. The van der Waals surface area contributed by atoms with E-state index in [1.165, 1.54) is 0 Å². The number of fused-ring (bicyclic) bond motifs is 1. The van der Waals surface area contributed by atoms with Crippen LogP contribution in [0.4, 0.5) is 0 Å². The molecule has 1 atom stereocenters. The third-order valence-electron chi connectivity index (χ3n) is 2.92. The van der Waals surface area contributed by atoms with Crippen molar-refractivity contribution in [2.75, 3.05) is 6.61 Å². The van der Waals surface area contributed by atoms with Gasteiger partial charge in [0, 0.05) is 6.61 Å². The normalized spacial score (nSPS) is 20.4. The number of ether oxygens (including phenoxy) is 1. The van der Waals surface area contributed by atoms with Gasteiger partial charge in [-0.1, -0.05) is 0 Å². The summed E-state index contributed by atoms with van der Waals surface area (Å²) in [4.78, 5) is 18.5. The summed E-state index contributed by atoms with van der Waals surface area (Å²) in [6, 6.07) is 0. The van der Waals surface area contributed by atoms with Crippen molar-refractivity contribution in [3.05, 3.63) is 19.3 Å². The van der Waals surface area contributed by atoms with E-state index in [2.05, 4.69) is 15.1 Å². The Labute approximate surface area is 121 Å². The van der Waals surface area contributed by atoms with E-state index in [0.717, 1.165) is 19.3 Å². The van der Waals surface area contributed by atoms with Gasteiger partial charge in [0.1, 0.15) is 9.09 Å². The fourth-order valence-corrected chi connectivity index (χ4v) is 2.98. The van der Waals surface area contributed by atoms with Crippen LogP contribution in [0.1, 0.15) is 25.5 Å². The van der Waals surface area contributed by atoms with E-state index in [9.17, 15) is 4.79 Å². The maximum Gasteiger partial charge on any atom is 0.264 e. The quantitative estimate of drug-likeness (QED) is 0.607. The summed E-state index contributed by atoms with van der Waals surface area (Å²) in [7, 11) is 0. The van der Waals surface area contributed by atoms with Gasteiger partial charge < -0.3 is 4.74 Å².